The van der Waals surface area contributed by atoms with Gasteiger partial charge >= 0.3 is 0 Å². The topological polar surface area (TPSA) is 84.2 Å². The molecule has 0 saturated carbocycles. The molecule has 1 amide bonds. The minimum atomic E-state index is 0.0761. The third-order valence-electron chi connectivity index (χ3n) is 4.67. The smallest absolute Gasteiger partial charge is 0.253 e. The van der Waals surface area contributed by atoms with Gasteiger partial charge in [-0.3, -0.25) is 9.78 Å². The predicted molar refractivity (Wildman–Crippen MR) is 101 cm³/mol. The summed E-state index contributed by atoms with van der Waals surface area (Å²) in [5.74, 6) is 1.40. The number of hydrogen-bond acceptors (Lipinski definition) is 7. The normalized spacial score (nSPS) is 15.2. The number of carbonyl (C=O) groups excluding carboxylic acids is 1. The number of aromatic nitrogens is 3. The van der Waals surface area contributed by atoms with E-state index in [9.17, 15) is 4.79 Å². The summed E-state index contributed by atoms with van der Waals surface area (Å²) in [5, 5.41) is 9.57. The van der Waals surface area contributed by atoms with Crippen LogP contribution in [0.4, 0.5) is 0 Å². The Hall–Kier alpha value is -2.58. The van der Waals surface area contributed by atoms with Crippen molar-refractivity contribution < 1.29 is 9.32 Å². The molecule has 1 saturated heterocycles. The number of nitrogens with one attached hydrogen (secondary N) is 1. The van der Waals surface area contributed by atoms with Crippen molar-refractivity contribution in [2.75, 3.05) is 13.1 Å². The molecule has 1 aliphatic heterocycles. The molecule has 140 valence electrons. The molecular formula is C19H21N5O2S. The average molecular weight is 383 g/mol. The number of amides is 1. The maximum atomic E-state index is 12.5. The van der Waals surface area contributed by atoms with Crippen LogP contribution in [-0.2, 0) is 13.0 Å². The van der Waals surface area contributed by atoms with Crippen molar-refractivity contribution in [3.05, 3.63) is 64.2 Å². The number of likely N-dealkylation sites (tertiary alicyclic amines) is 1. The molecule has 4 rings (SSSR count). The Balaban J connectivity index is 1.23. The van der Waals surface area contributed by atoms with Gasteiger partial charge in [0.15, 0.2) is 5.82 Å². The number of piperidine rings is 1. The maximum Gasteiger partial charge on any atom is 0.253 e. The molecule has 0 spiro atoms. The highest BCUT2D eigenvalue weighted by atomic mass is 32.1. The number of hydrogen-bond donors (Lipinski definition) is 1. The van der Waals surface area contributed by atoms with Crippen LogP contribution in [0.2, 0.25) is 0 Å². The fourth-order valence-corrected chi connectivity index (χ4v) is 3.89. The van der Waals surface area contributed by atoms with Gasteiger partial charge in [-0.2, -0.15) is 4.98 Å². The number of nitrogens with zero attached hydrogens (tertiary/aromatic N) is 4. The highest BCUT2D eigenvalue weighted by Crippen LogP contribution is 2.15. The Morgan fingerprint density at radius 3 is 2.81 bits per heavy atom. The van der Waals surface area contributed by atoms with E-state index in [2.05, 4.69) is 26.5 Å². The zero-order valence-electron chi connectivity index (χ0n) is 14.9. The second-order valence-corrected chi connectivity index (χ2v) is 7.58. The lowest BCUT2D eigenvalue weighted by Gasteiger charge is -2.32. The van der Waals surface area contributed by atoms with E-state index in [-0.39, 0.29) is 5.91 Å². The SMILES string of the molecule is O=C(c1ccncc1)N1CCC(NCc2noc(Cc3cccs3)n2)CC1. The quantitative estimate of drug-likeness (QED) is 0.704. The zero-order valence-corrected chi connectivity index (χ0v) is 15.7. The van der Waals surface area contributed by atoms with E-state index in [1.807, 2.05) is 16.3 Å². The average Bonchev–Trinajstić information content (AvgIpc) is 3.39. The van der Waals surface area contributed by atoms with Crippen molar-refractivity contribution in [2.24, 2.45) is 0 Å². The Bertz CT molecular complexity index is 857. The van der Waals surface area contributed by atoms with Gasteiger partial charge in [0.1, 0.15) is 0 Å². The molecule has 0 aromatic carbocycles. The lowest BCUT2D eigenvalue weighted by Crippen LogP contribution is -2.44. The first-order valence-electron chi connectivity index (χ1n) is 9.04. The number of rotatable bonds is 6. The van der Waals surface area contributed by atoms with Crippen LogP contribution in [0.1, 0.15) is 39.8 Å². The highest BCUT2D eigenvalue weighted by molar-refractivity contribution is 7.09. The lowest BCUT2D eigenvalue weighted by molar-refractivity contribution is 0.0704. The van der Waals surface area contributed by atoms with Gasteiger partial charge in [0, 0.05) is 42.0 Å². The van der Waals surface area contributed by atoms with E-state index in [4.69, 9.17) is 4.52 Å². The summed E-state index contributed by atoms with van der Waals surface area (Å²) in [4.78, 5) is 24.0. The molecule has 4 heterocycles. The summed E-state index contributed by atoms with van der Waals surface area (Å²) in [7, 11) is 0. The standard InChI is InChI=1S/C19H21N5O2S/c25-19(14-3-7-20-8-4-14)24-9-5-15(6-10-24)21-13-17-22-18(26-23-17)12-16-2-1-11-27-16/h1-4,7-8,11,15,21H,5-6,9-10,12-13H2. The van der Waals surface area contributed by atoms with Crippen molar-refractivity contribution in [1.82, 2.24) is 25.3 Å². The van der Waals surface area contributed by atoms with Gasteiger partial charge in [0.05, 0.1) is 13.0 Å². The minimum Gasteiger partial charge on any atom is -0.339 e. The third kappa shape index (κ3) is 4.58. The summed E-state index contributed by atoms with van der Waals surface area (Å²) in [6.45, 7) is 2.07. The van der Waals surface area contributed by atoms with Crippen molar-refractivity contribution in [1.29, 1.82) is 0 Å². The summed E-state index contributed by atoms with van der Waals surface area (Å²) in [5.41, 5.74) is 0.696. The number of pyridine rings is 1. The highest BCUT2D eigenvalue weighted by Gasteiger charge is 2.23. The molecule has 0 radical (unpaired) electrons. The molecule has 0 atom stereocenters. The van der Waals surface area contributed by atoms with Crippen molar-refractivity contribution in [3.63, 3.8) is 0 Å². The lowest BCUT2D eigenvalue weighted by atomic mass is 10.0. The largest absolute Gasteiger partial charge is 0.339 e. The van der Waals surface area contributed by atoms with Crippen LogP contribution < -0.4 is 5.32 Å². The van der Waals surface area contributed by atoms with Gasteiger partial charge in [0.25, 0.3) is 5.91 Å². The molecule has 7 nitrogen and oxygen atoms in total. The van der Waals surface area contributed by atoms with Crippen LogP contribution in [-0.4, -0.2) is 45.1 Å². The van der Waals surface area contributed by atoms with E-state index in [0.717, 1.165) is 25.9 Å². The van der Waals surface area contributed by atoms with Gasteiger partial charge in [0.2, 0.25) is 5.89 Å². The summed E-state index contributed by atoms with van der Waals surface area (Å²) < 4.78 is 5.32. The first kappa shape index (κ1) is 17.8. The second kappa shape index (κ2) is 8.41. The van der Waals surface area contributed by atoms with E-state index in [1.54, 1.807) is 35.9 Å². The van der Waals surface area contributed by atoms with Gasteiger partial charge in [-0.05, 0) is 36.4 Å². The second-order valence-electron chi connectivity index (χ2n) is 6.54. The first-order valence-corrected chi connectivity index (χ1v) is 9.92. The molecule has 1 aliphatic rings. The van der Waals surface area contributed by atoms with Crippen LogP contribution >= 0.6 is 11.3 Å². The number of carbonyl (C=O) groups is 1. The first-order chi connectivity index (χ1) is 13.3. The zero-order chi connectivity index (χ0) is 18.5. The molecule has 1 N–H and O–H groups in total. The summed E-state index contributed by atoms with van der Waals surface area (Å²) in [6.07, 6.45) is 5.81. The van der Waals surface area contributed by atoms with Crippen LogP contribution in [0.3, 0.4) is 0 Å². The molecule has 3 aromatic rings. The predicted octanol–water partition coefficient (Wildman–Crippen LogP) is 2.51. The number of thiophene rings is 1. The van der Waals surface area contributed by atoms with Gasteiger partial charge in [-0.1, -0.05) is 11.2 Å². The molecule has 1 fully saturated rings. The Labute approximate surface area is 161 Å². The Kier molecular flexibility index (Phi) is 5.55. The third-order valence-corrected chi connectivity index (χ3v) is 5.55. The summed E-state index contributed by atoms with van der Waals surface area (Å²) >= 11 is 1.68. The maximum absolute atomic E-state index is 12.5. The fourth-order valence-electron chi connectivity index (χ4n) is 3.20. The Morgan fingerprint density at radius 2 is 2.07 bits per heavy atom. The fraction of sp³-hybridized carbons (Fsp3) is 0.368. The van der Waals surface area contributed by atoms with Crippen molar-refractivity contribution in [2.45, 2.75) is 31.8 Å². The summed E-state index contributed by atoms with van der Waals surface area (Å²) in [6, 6.07) is 7.96. The van der Waals surface area contributed by atoms with Crippen LogP contribution in [0.25, 0.3) is 0 Å². The van der Waals surface area contributed by atoms with Gasteiger partial charge < -0.3 is 14.7 Å². The minimum absolute atomic E-state index is 0.0761. The monoisotopic (exact) mass is 383 g/mol. The van der Waals surface area contributed by atoms with E-state index >= 15 is 0 Å². The Morgan fingerprint density at radius 1 is 1.26 bits per heavy atom. The van der Waals surface area contributed by atoms with Gasteiger partial charge in [-0.15, -0.1) is 11.3 Å². The molecular weight excluding hydrogens is 362 g/mol. The van der Waals surface area contributed by atoms with E-state index < -0.39 is 0 Å². The molecule has 0 bridgehead atoms. The van der Waals surface area contributed by atoms with Crippen LogP contribution in [0.15, 0.2) is 46.6 Å². The van der Waals surface area contributed by atoms with E-state index in [1.165, 1.54) is 4.88 Å². The molecule has 27 heavy (non-hydrogen) atoms. The molecule has 3 aromatic heterocycles. The van der Waals surface area contributed by atoms with E-state index in [0.29, 0.717) is 36.3 Å². The molecule has 0 unspecified atom stereocenters. The molecule has 0 aliphatic carbocycles. The van der Waals surface area contributed by atoms with Gasteiger partial charge in [-0.25, -0.2) is 0 Å². The molecule has 8 heteroatoms. The van der Waals surface area contributed by atoms with Crippen molar-refractivity contribution >= 4 is 17.2 Å². The van der Waals surface area contributed by atoms with Crippen molar-refractivity contribution in [3.8, 4) is 0 Å². The van der Waals surface area contributed by atoms with Crippen LogP contribution in [0, 0.1) is 0 Å². The van der Waals surface area contributed by atoms with Crippen LogP contribution in [0.5, 0.6) is 0 Å².